The number of hydrogen-bond donors (Lipinski definition) is 0. The molecule has 0 saturated carbocycles. The minimum absolute atomic E-state index is 0.00736. The van der Waals surface area contributed by atoms with Crippen molar-refractivity contribution in [1.29, 1.82) is 0 Å². The summed E-state index contributed by atoms with van der Waals surface area (Å²) in [5.41, 5.74) is 0. The fourth-order valence-corrected chi connectivity index (χ4v) is 2.80. The van der Waals surface area contributed by atoms with E-state index in [1.54, 1.807) is 0 Å². The Kier molecular flexibility index (Phi) is 16.0. The van der Waals surface area contributed by atoms with Crippen molar-refractivity contribution in [1.82, 2.24) is 0 Å². The molecular weight excluding hydrogens is 284 g/mol. The summed E-state index contributed by atoms with van der Waals surface area (Å²) in [4.78, 5) is 11.5. The average molecular weight is 327 g/mol. The first-order valence-corrected chi connectivity index (χ1v) is 10.2. The monoisotopic (exact) mass is 326 g/mol. The van der Waals surface area contributed by atoms with Gasteiger partial charge in [0, 0.05) is 6.42 Å². The van der Waals surface area contributed by atoms with Gasteiger partial charge in [-0.3, -0.25) is 4.79 Å². The summed E-state index contributed by atoms with van der Waals surface area (Å²) < 4.78 is 5.28. The van der Waals surface area contributed by atoms with Gasteiger partial charge in [0.25, 0.3) is 0 Å². The SMILES string of the molecule is CC(C)CCCCCCCCCCCOC(=O)CCCC(C)C. The Labute approximate surface area is 145 Å². The molecule has 0 saturated heterocycles. The summed E-state index contributed by atoms with van der Waals surface area (Å²) in [6.45, 7) is 9.62. The Balaban J connectivity index is 3.14. The zero-order valence-corrected chi connectivity index (χ0v) is 16.4. The first-order chi connectivity index (χ1) is 11.0. The highest BCUT2D eigenvalue weighted by Crippen LogP contribution is 2.13. The third kappa shape index (κ3) is 19.4. The Morgan fingerprint density at radius 1 is 0.652 bits per heavy atom. The molecule has 0 aromatic heterocycles. The molecule has 0 N–H and O–H groups in total. The predicted octanol–water partition coefficient (Wildman–Crippen LogP) is 6.91. The Morgan fingerprint density at radius 2 is 1.09 bits per heavy atom. The van der Waals surface area contributed by atoms with Gasteiger partial charge in [-0.15, -0.1) is 0 Å². The van der Waals surface area contributed by atoms with Gasteiger partial charge in [-0.25, -0.2) is 0 Å². The van der Waals surface area contributed by atoms with Crippen LogP contribution in [0.15, 0.2) is 0 Å². The molecule has 23 heavy (non-hydrogen) atoms. The van der Waals surface area contributed by atoms with E-state index in [9.17, 15) is 4.79 Å². The molecule has 0 amide bonds. The highest BCUT2D eigenvalue weighted by atomic mass is 16.5. The molecule has 138 valence electrons. The number of carbonyl (C=O) groups is 1. The molecule has 2 nitrogen and oxygen atoms in total. The van der Waals surface area contributed by atoms with E-state index in [4.69, 9.17) is 4.74 Å². The van der Waals surface area contributed by atoms with Crippen LogP contribution in [0.3, 0.4) is 0 Å². The van der Waals surface area contributed by atoms with Crippen molar-refractivity contribution in [3.05, 3.63) is 0 Å². The number of hydrogen-bond acceptors (Lipinski definition) is 2. The molecule has 0 radical (unpaired) electrons. The second kappa shape index (κ2) is 16.3. The van der Waals surface area contributed by atoms with E-state index in [1.165, 1.54) is 57.8 Å². The van der Waals surface area contributed by atoms with E-state index in [-0.39, 0.29) is 5.97 Å². The van der Waals surface area contributed by atoms with Crippen LogP contribution < -0.4 is 0 Å². The summed E-state index contributed by atoms with van der Waals surface area (Å²) in [7, 11) is 0. The molecule has 0 unspecified atom stereocenters. The lowest BCUT2D eigenvalue weighted by atomic mass is 10.0. The van der Waals surface area contributed by atoms with Gasteiger partial charge in [0.15, 0.2) is 0 Å². The van der Waals surface area contributed by atoms with Crippen LogP contribution >= 0.6 is 0 Å². The van der Waals surface area contributed by atoms with Gasteiger partial charge in [-0.1, -0.05) is 91.9 Å². The molecule has 2 heteroatoms. The molecule has 0 heterocycles. The highest BCUT2D eigenvalue weighted by molar-refractivity contribution is 5.69. The smallest absolute Gasteiger partial charge is 0.305 e. The maximum atomic E-state index is 11.5. The van der Waals surface area contributed by atoms with Crippen molar-refractivity contribution < 1.29 is 9.53 Å². The largest absolute Gasteiger partial charge is 0.466 e. The van der Waals surface area contributed by atoms with Gasteiger partial charge in [0.2, 0.25) is 0 Å². The van der Waals surface area contributed by atoms with Crippen LogP contribution in [-0.2, 0) is 9.53 Å². The molecule has 0 rings (SSSR count). The molecule has 0 aromatic rings. The minimum atomic E-state index is -0.00736. The van der Waals surface area contributed by atoms with E-state index in [2.05, 4.69) is 27.7 Å². The Hall–Kier alpha value is -0.530. The molecular formula is C21H42O2. The number of esters is 1. The first kappa shape index (κ1) is 22.5. The summed E-state index contributed by atoms with van der Waals surface area (Å²) in [6.07, 6.45) is 15.9. The number of ether oxygens (including phenoxy) is 1. The average Bonchev–Trinajstić information content (AvgIpc) is 2.47. The van der Waals surface area contributed by atoms with Crippen LogP contribution in [-0.4, -0.2) is 12.6 Å². The normalized spacial score (nSPS) is 11.4. The lowest BCUT2D eigenvalue weighted by Gasteiger charge is -2.06. The zero-order chi connectivity index (χ0) is 17.3. The standard InChI is InChI=1S/C21H42O2/c1-19(2)15-12-10-8-6-5-7-9-11-13-18-23-21(22)17-14-16-20(3)4/h19-20H,5-18H2,1-4H3. The summed E-state index contributed by atoms with van der Waals surface area (Å²) >= 11 is 0. The van der Waals surface area contributed by atoms with Crippen LogP contribution in [0.4, 0.5) is 0 Å². The third-order valence-electron chi connectivity index (χ3n) is 4.35. The van der Waals surface area contributed by atoms with E-state index in [1.807, 2.05) is 0 Å². The summed E-state index contributed by atoms with van der Waals surface area (Å²) in [5.74, 6) is 1.53. The molecule has 0 aromatic carbocycles. The number of rotatable bonds is 16. The zero-order valence-electron chi connectivity index (χ0n) is 16.4. The maximum absolute atomic E-state index is 11.5. The van der Waals surface area contributed by atoms with Gasteiger partial charge in [0.1, 0.15) is 0 Å². The summed E-state index contributed by atoms with van der Waals surface area (Å²) in [5, 5.41) is 0. The summed E-state index contributed by atoms with van der Waals surface area (Å²) in [6, 6.07) is 0. The van der Waals surface area contributed by atoms with Gasteiger partial charge < -0.3 is 4.74 Å². The second-order valence-corrected chi connectivity index (χ2v) is 7.87. The third-order valence-corrected chi connectivity index (χ3v) is 4.35. The van der Waals surface area contributed by atoms with E-state index in [0.717, 1.165) is 25.2 Å². The van der Waals surface area contributed by atoms with Crippen LogP contribution in [0.1, 0.15) is 111 Å². The Morgan fingerprint density at radius 3 is 1.61 bits per heavy atom. The Bertz CT molecular complexity index is 259. The van der Waals surface area contributed by atoms with E-state index < -0.39 is 0 Å². The van der Waals surface area contributed by atoms with E-state index >= 15 is 0 Å². The maximum Gasteiger partial charge on any atom is 0.305 e. The number of carbonyl (C=O) groups excluding carboxylic acids is 1. The highest BCUT2D eigenvalue weighted by Gasteiger charge is 2.03. The lowest BCUT2D eigenvalue weighted by Crippen LogP contribution is -2.06. The van der Waals surface area contributed by atoms with Crippen LogP contribution in [0.25, 0.3) is 0 Å². The fraction of sp³-hybridized carbons (Fsp3) is 0.952. The quantitative estimate of drug-likeness (QED) is 0.227. The van der Waals surface area contributed by atoms with Crippen molar-refractivity contribution in [3.63, 3.8) is 0 Å². The fourth-order valence-electron chi connectivity index (χ4n) is 2.80. The molecule has 0 spiro atoms. The van der Waals surface area contributed by atoms with Crippen molar-refractivity contribution >= 4 is 5.97 Å². The lowest BCUT2D eigenvalue weighted by molar-refractivity contribution is -0.143. The molecule has 0 aliphatic carbocycles. The van der Waals surface area contributed by atoms with Crippen LogP contribution in [0.2, 0.25) is 0 Å². The number of unbranched alkanes of at least 4 members (excludes halogenated alkanes) is 8. The first-order valence-electron chi connectivity index (χ1n) is 10.2. The van der Waals surface area contributed by atoms with Gasteiger partial charge >= 0.3 is 5.97 Å². The van der Waals surface area contributed by atoms with Crippen molar-refractivity contribution in [2.45, 2.75) is 111 Å². The molecule has 0 fully saturated rings. The van der Waals surface area contributed by atoms with Crippen molar-refractivity contribution in [2.75, 3.05) is 6.61 Å². The van der Waals surface area contributed by atoms with Crippen molar-refractivity contribution in [3.8, 4) is 0 Å². The predicted molar refractivity (Wildman–Crippen MR) is 101 cm³/mol. The minimum Gasteiger partial charge on any atom is -0.466 e. The van der Waals surface area contributed by atoms with Crippen LogP contribution in [0.5, 0.6) is 0 Å². The molecule has 0 aliphatic heterocycles. The molecule has 0 atom stereocenters. The van der Waals surface area contributed by atoms with Gasteiger partial charge in [0.05, 0.1) is 6.61 Å². The second-order valence-electron chi connectivity index (χ2n) is 7.87. The van der Waals surface area contributed by atoms with E-state index in [0.29, 0.717) is 18.9 Å². The van der Waals surface area contributed by atoms with Crippen LogP contribution in [0, 0.1) is 11.8 Å². The van der Waals surface area contributed by atoms with Gasteiger partial charge in [-0.05, 0) is 24.7 Å². The molecule has 0 bridgehead atoms. The van der Waals surface area contributed by atoms with Gasteiger partial charge in [-0.2, -0.15) is 0 Å². The van der Waals surface area contributed by atoms with Crippen molar-refractivity contribution in [2.24, 2.45) is 11.8 Å². The topological polar surface area (TPSA) is 26.3 Å². The molecule has 0 aliphatic rings.